The molecule has 0 N–H and O–H groups in total. The summed E-state index contributed by atoms with van der Waals surface area (Å²) in [6.07, 6.45) is 0.520. The quantitative estimate of drug-likeness (QED) is 0.799. The van der Waals surface area contributed by atoms with Crippen molar-refractivity contribution in [3.8, 4) is 0 Å². The first-order valence-corrected chi connectivity index (χ1v) is 5.85. The maximum Gasteiger partial charge on any atom is 0.195 e. The second-order valence-electron chi connectivity index (χ2n) is 4.19. The number of carbonyl (C=O) groups excluding carboxylic acids is 1. The van der Waals surface area contributed by atoms with Gasteiger partial charge in [0.15, 0.2) is 5.78 Å². The van der Waals surface area contributed by atoms with Crippen LogP contribution in [0.5, 0.6) is 0 Å². The van der Waals surface area contributed by atoms with Crippen molar-refractivity contribution in [2.75, 3.05) is 0 Å². The molecule has 0 atom stereocenters. The molecule has 0 unspecified atom stereocenters. The van der Waals surface area contributed by atoms with Crippen LogP contribution >= 0.6 is 0 Å². The Morgan fingerprint density at radius 1 is 1.11 bits per heavy atom. The summed E-state index contributed by atoms with van der Waals surface area (Å²) >= 11 is 0. The summed E-state index contributed by atoms with van der Waals surface area (Å²) in [7, 11) is 0. The first-order chi connectivity index (χ1) is 9.01. The lowest BCUT2D eigenvalue weighted by Gasteiger charge is -2.06. The van der Waals surface area contributed by atoms with Gasteiger partial charge in [-0.05, 0) is 31.5 Å². The van der Waals surface area contributed by atoms with Crippen LogP contribution in [0, 0.1) is 18.6 Å². The molecule has 0 saturated heterocycles. The van der Waals surface area contributed by atoms with E-state index < -0.39 is 17.4 Å². The van der Waals surface area contributed by atoms with Gasteiger partial charge in [0.1, 0.15) is 11.6 Å². The van der Waals surface area contributed by atoms with Crippen molar-refractivity contribution in [2.45, 2.75) is 20.3 Å². The summed E-state index contributed by atoms with van der Waals surface area (Å²) in [5, 5.41) is 7.80. The number of benzene rings is 1. The second kappa shape index (κ2) is 5.22. The molecule has 0 bridgehead atoms. The fourth-order valence-electron chi connectivity index (χ4n) is 1.81. The minimum atomic E-state index is -0.778. The highest BCUT2D eigenvalue weighted by molar-refractivity contribution is 6.09. The van der Waals surface area contributed by atoms with Gasteiger partial charge in [-0.3, -0.25) is 4.79 Å². The average Bonchev–Trinajstić information content (AvgIpc) is 2.36. The first kappa shape index (κ1) is 13.3. The summed E-state index contributed by atoms with van der Waals surface area (Å²) in [5.41, 5.74) is 1.40. The van der Waals surface area contributed by atoms with Gasteiger partial charge < -0.3 is 0 Å². The van der Waals surface area contributed by atoms with Gasteiger partial charge >= 0.3 is 0 Å². The molecule has 98 valence electrons. The van der Waals surface area contributed by atoms with Crippen molar-refractivity contribution in [1.82, 2.24) is 10.2 Å². The highest BCUT2D eigenvalue weighted by Gasteiger charge is 2.16. The number of nitrogens with zero attached hydrogens (tertiary/aromatic N) is 2. The standard InChI is InChI=1S/C14H12F2N2O/c1-3-13-12(4-8(2)17-18-13)14(19)9-5-10(15)7-11(16)6-9/h4-7H,3H2,1-2H3. The Labute approximate surface area is 109 Å². The van der Waals surface area contributed by atoms with Crippen LogP contribution in [-0.2, 0) is 6.42 Å². The van der Waals surface area contributed by atoms with Crippen molar-refractivity contribution >= 4 is 5.78 Å². The molecule has 0 aliphatic carbocycles. The van der Waals surface area contributed by atoms with Gasteiger partial charge in [0.25, 0.3) is 0 Å². The van der Waals surface area contributed by atoms with Crippen LogP contribution in [0.25, 0.3) is 0 Å². The average molecular weight is 262 g/mol. The maximum atomic E-state index is 13.1. The largest absolute Gasteiger partial charge is 0.289 e. The van der Waals surface area contributed by atoms with Crippen LogP contribution in [0.3, 0.4) is 0 Å². The topological polar surface area (TPSA) is 42.9 Å². The number of halogens is 2. The molecule has 0 radical (unpaired) electrons. The van der Waals surface area contributed by atoms with Crippen molar-refractivity contribution in [2.24, 2.45) is 0 Å². The molecule has 5 heteroatoms. The molecule has 0 spiro atoms. The number of aryl methyl sites for hydroxylation is 2. The van der Waals surface area contributed by atoms with Crippen molar-refractivity contribution in [3.63, 3.8) is 0 Å². The van der Waals surface area contributed by atoms with E-state index in [4.69, 9.17) is 0 Å². The molecule has 2 aromatic rings. The third-order valence-electron chi connectivity index (χ3n) is 2.70. The third kappa shape index (κ3) is 2.81. The molecule has 1 heterocycles. The third-order valence-corrected chi connectivity index (χ3v) is 2.70. The van der Waals surface area contributed by atoms with Gasteiger partial charge in [0.2, 0.25) is 0 Å². The number of hydrogen-bond donors (Lipinski definition) is 0. The Morgan fingerprint density at radius 2 is 1.74 bits per heavy atom. The van der Waals surface area contributed by atoms with E-state index in [-0.39, 0.29) is 5.56 Å². The lowest BCUT2D eigenvalue weighted by molar-refractivity contribution is 0.103. The number of ketones is 1. The Hall–Kier alpha value is -2.17. The number of carbonyl (C=O) groups is 1. The lowest BCUT2D eigenvalue weighted by atomic mass is 10.0. The van der Waals surface area contributed by atoms with Gasteiger partial charge in [-0.15, -0.1) is 0 Å². The van der Waals surface area contributed by atoms with E-state index in [0.717, 1.165) is 18.2 Å². The molecule has 0 fully saturated rings. The van der Waals surface area contributed by atoms with E-state index in [2.05, 4.69) is 10.2 Å². The molecule has 0 aliphatic rings. The number of hydrogen-bond acceptors (Lipinski definition) is 3. The van der Waals surface area contributed by atoms with E-state index in [9.17, 15) is 13.6 Å². The van der Waals surface area contributed by atoms with Crippen molar-refractivity contribution in [1.29, 1.82) is 0 Å². The smallest absolute Gasteiger partial charge is 0.195 e. The molecule has 19 heavy (non-hydrogen) atoms. The molecular formula is C14H12F2N2O. The SMILES string of the molecule is CCc1nnc(C)cc1C(=O)c1cc(F)cc(F)c1. The molecule has 1 aromatic heterocycles. The predicted octanol–water partition coefficient (Wildman–Crippen LogP) is 2.86. The minimum absolute atomic E-state index is 0.0281. The lowest BCUT2D eigenvalue weighted by Crippen LogP contribution is -2.09. The van der Waals surface area contributed by atoms with Crippen molar-refractivity contribution < 1.29 is 13.6 Å². The Morgan fingerprint density at radius 3 is 2.32 bits per heavy atom. The van der Waals surface area contributed by atoms with Crippen LogP contribution < -0.4 is 0 Å². The van der Waals surface area contributed by atoms with Gasteiger partial charge in [-0.25, -0.2) is 8.78 Å². The monoisotopic (exact) mass is 262 g/mol. The summed E-state index contributed by atoms with van der Waals surface area (Å²) in [6, 6.07) is 4.34. The van der Waals surface area contributed by atoms with E-state index in [1.807, 2.05) is 6.92 Å². The predicted molar refractivity (Wildman–Crippen MR) is 65.9 cm³/mol. The first-order valence-electron chi connectivity index (χ1n) is 5.85. The maximum absolute atomic E-state index is 13.1. The fraction of sp³-hybridized carbons (Fsp3) is 0.214. The molecule has 2 rings (SSSR count). The highest BCUT2D eigenvalue weighted by atomic mass is 19.1. The van der Waals surface area contributed by atoms with Crippen LogP contribution in [-0.4, -0.2) is 16.0 Å². The van der Waals surface area contributed by atoms with Crippen LogP contribution in [0.2, 0.25) is 0 Å². The van der Waals surface area contributed by atoms with Crippen LogP contribution in [0.15, 0.2) is 24.3 Å². The fourth-order valence-corrected chi connectivity index (χ4v) is 1.81. The van der Waals surface area contributed by atoms with E-state index >= 15 is 0 Å². The van der Waals surface area contributed by atoms with Gasteiger partial charge in [-0.1, -0.05) is 6.92 Å². The summed E-state index contributed by atoms with van der Waals surface area (Å²) in [4.78, 5) is 12.3. The Kier molecular flexibility index (Phi) is 3.64. The zero-order chi connectivity index (χ0) is 14.0. The zero-order valence-corrected chi connectivity index (χ0v) is 10.6. The summed E-state index contributed by atoms with van der Waals surface area (Å²) in [5.74, 6) is -2.01. The minimum Gasteiger partial charge on any atom is -0.289 e. The number of rotatable bonds is 3. The Bertz CT molecular complexity index is 621. The molecule has 0 aliphatic heterocycles. The highest BCUT2D eigenvalue weighted by Crippen LogP contribution is 2.16. The van der Waals surface area contributed by atoms with E-state index in [0.29, 0.717) is 23.4 Å². The zero-order valence-electron chi connectivity index (χ0n) is 10.6. The molecule has 0 saturated carbocycles. The van der Waals surface area contributed by atoms with Crippen LogP contribution in [0.4, 0.5) is 8.78 Å². The summed E-state index contributed by atoms with van der Waals surface area (Å²) in [6.45, 7) is 3.54. The summed E-state index contributed by atoms with van der Waals surface area (Å²) < 4.78 is 26.3. The molecule has 0 amide bonds. The van der Waals surface area contributed by atoms with Gasteiger partial charge in [0.05, 0.1) is 11.4 Å². The Balaban J connectivity index is 2.52. The van der Waals surface area contributed by atoms with E-state index in [1.54, 1.807) is 13.0 Å². The normalized spacial score (nSPS) is 10.5. The van der Waals surface area contributed by atoms with E-state index in [1.165, 1.54) is 0 Å². The van der Waals surface area contributed by atoms with Gasteiger partial charge in [-0.2, -0.15) is 10.2 Å². The van der Waals surface area contributed by atoms with Gasteiger partial charge in [0, 0.05) is 17.2 Å². The second-order valence-corrected chi connectivity index (χ2v) is 4.19. The van der Waals surface area contributed by atoms with Crippen LogP contribution in [0.1, 0.15) is 34.2 Å². The molecule has 1 aromatic carbocycles. The molecular weight excluding hydrogens is 250 g/mol. The number of aromatic nitrogens is 2. The van der Waals surface area contributed by atoms with Crippen molar-refractivity contribution in [3.05, 3.63) is 58.4 Å². The molecule has 3 nitrogen and oxygen atoms in total.